The summed E-state index contributed by atoms with van der Waals surface area (Å²) in [5.41, 5.74) is -1.34. The number of carbonyl (C=O) groups excluding carboxylic acids is 1. The molecule has 8 heteroatoms. The number of rotatable bonds is 2. The molecule has 0 aromatic carbocycles. The number of hydrogen-bond donors (Lipinski definition) is 1. The highest BCUT2D eigenvalue weighted by Gasteiger charge is 2.42. The standard InChI is InChI=1S/C14H21F3N4O/c1-8(2)21-12(14(15,16)17)11(5-18-21)13(22)20-6-9(3)19-10(4)7-20/h5,8-10,19H,6-7H2,1-4H3/t9-,10-/m1/s1. The van der Waals surface area contributed by atoms with E-state index < -0.39 is 23.8 Å². The Morgan fingerprint density at radius 3 is 2.32 bits per heavy atom. The van der Waals surface area contributed by atoms with E-state index in [1.54, 1.807) is 13.8 Å². The van der Waals surface area contributed by atoms with Gasteiger partial charge in [-0.1, -0.05) is 0 Å². The van der Waals surface area contributed by atoms with Crippen molar-refractivity contribution in [1.82, 2.24) is 20.0 Å². The molecule has 0 saturated carbocycles. The van der Waals surface area contributed by atoms with Crippen LogP contribution < -0.4 is 5.32 Å². The Hall–Kier alpha value is -1.57. The fourth-order valence-electron chi connectivity index (χ4n) is 2.86. The molecular weight excluding hydrogens is 297 g/mol. The average molecular weight is 318 g/mol. The number of piperazine rings is 1. The highest BCUT2D eigenvalue weighted by atomic mass is 19.4. The van der Waals surface area contributed by atoms with E-state index in [1.807, 2.05) is 13.8 Å². The summed E-state index contributed by atoms with van der Waals surface area (Å²) in [6.45, 7) is 7.77. The molecule has 0 aliphatic carbocycles. The molecule has 2 atom stereocenters. The molecule has 124 valence electrons. The molecule has 1 fully saturated rings. The molecule has 0 radical (unpaired) electrons. The fraction of sp³-hybridized carbons (Fsp3) is 0.714. The Bertz CT molecular complexity index is 543. The number of nitrogens with one attached hydrogen (secondary N) is 1. The largest absolute Gasteiger partial charge is 0.433 e. The second kappa shape index (κ2) is 5.91. The minimum Gasteiger partial charge on any atom is -0.335 e. The summed E-state index contributed by atoms with van der Waals surface area (Å²) in [6.07, 6.45) is -3.58. The highest BCUT2D eigenvalue weighted by Crippen LogP contribution is 2.34. The van der Waals surface area contributed by atoms with Gasteiger partial charge in [0, 0.05) is 31.2 Å². The van der Waals surface area contributed by atoms with Crippen molar-refractivity contribution in [3.05, 3.63) is 17.5 Å². The molecule has 1 amide bonds. The van der Waals surface area contributed by atoms with Crippen LogP contribution in [0.5, 0.6) is 0 Å². The molecule has 1 aromatic rings. The van der Waals surface area contributed by atoms with Gasteiger partial charge in [-0.05, 0) is 27.7 Å². The summed E-state index contributed by atoms with van der Waals surface area (Å²) in [7, 11) is 0. The van der Waals surface area contributed by atoms with Gasteiger partial charge in [0.1, 0.15) is 0 Å². The lowest BCUT2D eigenvalue weighted by Crippen LogP contribution is -2.56. The first-order valence-corrected chi connectivity index (χ1v) is 7.31. The van der Waals surface area contributed by atoms with Gasteiger partial charge in [0.15, 0.2) is 5.69 Å². The predicted octanol–water partition coefficient (Wildman–Crippen LogP) is 2.31. The van der Waals surface area contributed by atoms with Gasteiger partial charge in [-0.2, -0.15) is 18.3 Å². The molecule has 22 heavy (non-hydrogen) atoms. The molecule has 2 heterocycles. The van der Waals surface area contributed by atoms with Crippen molar-refractivity contribution < 1.29 is 18.0 Å². The highest BCUT2D eigenvalue weighted by molar-refractivity contribution is 5.95. The third-order valence-corrected chi connectivity index (χ3v) is 3.63. The number of carbonyl (C=O) groups is 1. The maximum atomic E-state index is 13.3. The molecule has 1 N–H and O–H groups in total. The van der Waals surface area contributed by atoms with Crippen LogP contribution in [0.15, 0.2) is 6.20 Å². The zero-order chi connectivity index (χ0) is 16.7. The van der Waals surface area contributed by atoms with E-state index in [9.17, 15) is 18.0 Å². The molecule has 1 saturated heterocycles. The van der Waals surface area contributed by atoms with E-state index in [2.05, 4.69) is 10.4 Å². The molecule has 0 spiro atoms. The van der Waals surface area contributed by atoms with Crippen LogP contribution in [0.1, 0.15) is 49.8 Å². The first-order chi connectivity index (χ1) is 10.1. The van der Waals surface area contributed by atoms with Gasteiger partial charge in [0.2, 0.25) is 0 Å². The molecule has 1 aromatic heterocycles. The zero-order valence-electron chi connectivity index (χ0n) is 13.1. The van der Waals surface area contributed by atoms with Crippen LogP contribution in [0.4, 0.5) is 13.2 Å². The van der Waals surface area contributed by atoms with Crippen LogP contribution in [0.2, 0.25) is 0 Å². The lowest BCUT2D eigenvalue weighted by molar-refractivity contribution is -0.145. The van der Waals surface area contributed by atoms with Crippen LogP contribution >= 0.6 is 0 Å². The monoisotopic (exact) mass is 318 g/mol. The molecule has 0 bridgehead atoms. The van der Waals surface area contributed by atoms with Gasteiger partial charge >= 0.3 is 6.18 Å². The van der Waals surface area contributed by atoms with Crippen molar-refractivity contribution >= 4 is 5.91 Å². The molecule has 1 aliphatic rings. The van der Waals surface area contributed by atoms with Crippen molar-refractivity contribution in [3.8, 4) is 0 Å². The first kappa shape index (κ1) is 16.8. The summed E-state index contributed by atoms with van der Waals surface area (Å²) in [5.74, 6) is -0.612. The lowest BCUT2D eigenvalue weighted by atomic mass is 10.1. The van der Waals surface area contributed by atoms with Crippen molar-refractivity contribution in [1.29, 1.82) is 0 Å². The SMILES string of the molecule is CC(C)n1ncc(C(=O)N2C[C@@H](C)N[C@H](C)C2)c1C(F)(F)F. The van der Waals surface area contributed by atoms with Gasteiger partial charge in [0.25, 0.3) is 5.91 Å². The third kappa shape index (κ3) is 3.26. The van der Waals surface area contributed by atoms with E-state index in [4.69, 9.17) is 0 Å². The topological polar surface area (TPSA) is 50.2 Å². The molecule has 2 rings (SSSR count). The molecule has 1 aliphatic heterocycles. The third-order valence-electron chi connectivity index (χ3n) is 3.63. The zero-order valence-corrected chi connectivity index (χ0v) is 13.1. The quantitative estimate of drug-likeness (QED) is 0.910. The van der Waals surface area contributed by atoms with Crippen molar-refractivity contribution in [2.75, 3.05) is 13.1 Å². The average Bonchev–Trinajstić information content (AvgIpc) is 2.81. The maximum Gasteiger partial charge on any atom is 0.433 e. The number of nitrogens with zero attached hydrogens (tertiary/aromatic N) is 3. The number of hydrogen-bond acceptors (Lipinski definition) is 3. The Morgan fingerprint density at radius 1 is 1.32 bits per heavy atom. The second-order valence-electron chi connectivity index (χ2n) is 6.12. The van der Waals surface area contributed by atoms with Crippen molar-refractivity contribution in [2.45, 2.75) is 52.0 Å². The van der Waals surface area contributed by atoms with Gasteiger partial charge in [0.05, 0.1) is 11.8 Å². The van der Waals surface area contributed by atoms with Crippen molar-refractivity contribution in [3.63, 3.8) is 0 Å². The summed E-state index contributed by atoms with van der Waals surface area (Å²) < 4.78 is 40.9. The molecule has 5 nitrogen and oxygen atoms in total. The fourth-order valence-corrected chi connectivity index (χ4v) is 2.86. The minimum absolute atomic E-state index is 0.0437. The van der Waals surface area contributed by atoms with Crippen LogP contribution in [0.25, 0.3) is 0 Å². The summed E-state index contributed by atoms with van der Waals surface area (Å²) in [6, 6.07) is -0.386. The van der Waals surface area contributed by atoms with Gasteiger partial charge < -0.3 is 10.2 Å². The van der Waals surface area contributed by atoms with Crippen LogP contribution in [-0.2, 0) is 6.18 Å². The normalized spacial score (nSPS) is 23.2. The number of halogens is 3. The molecule has 0 unspecified atom stereocenters. The second-order valence-corrected chi connectivity index (χ2v) is 6.12. The minimum atomic E-state index is -4.61. The maximum absolute atomic E-state index is 13.3. The van der Waals surface area contributed by atoms with Crippen LogP contribution in [-0.4, -0.2) is 45.8 Å². The smallest absolute Gasteiger partial charge is 0.335 e. The van der Waals surface area contributed by atoms with Crippen LogP contribution in [0, 0.1) is 0 Å². The first-order valence-electron chi connectivity index (χ1n) is 7.31. The summed E-state index contributed by atoms with van der Waals surface area (Å²) >= 11 is 0. The summed E-state index contributed by atoms with van der Waals surface area (Å²) in [4.78, 5) is 14.0. The van der Waals surface area contributed by atoms with E-state index in [0.29, 0.717) is 13.1 Å². The summed E-state index contributed by atoms with van der Waals surface area (Å²) in [5, 5.41) is 7.02. The Kier molecular flexibility index (Phi) is 4.51. The number of alkyl halides is 3. The molecular formula is C14H21F3N4O. The van der Waals surface area contributed by atoms with Gasteiger partial charge in [-0.3, -0.25) is 9.48 Å². The van der Waals surface area contributed by atoms with Gasteiger partial charge in [-0.15, -0.1) is 0 Å². The Labute approximate surface area is 127 Å². The number of aromatic nitrogens is 2. The lowest BCUT2D eigenvalue weighted by Gasteiger charge is -2.36. The van der Waals surface area contributed by atoms with Crippen molar-refractivity contribution in [2.24, 2.45) is 0 Å². The van der Waals surface area contributed by atoms with E-state index in [0.717, 1.165) is 10.9 Å². The van der Waals surface area contributed by atoms with Gasteiger partial charge in [-0.25, -0.2) is 0 Å². The van der Waals surface area contributed by atoms with E-state index in [1.165, 1.54) is 4.90 Å². The van der Waals surface area contributed by atoms with Crippen LogP contribution in [0.3, 0.4) is 0 Å². The Balaban J connectivity index is 2.38. The predicted molar refractivity (Wildman–Crippen MR) is 75.6 cm³/mol. The van der Waals surface area contributed by atoms with E-state index in [-0.39, 0.29) is 17.6 Å². The van der Waals surface area contributed by atoms with E-state index >= 15 is 0 Å². The Morgan fingerprint density at radius 2 is 1.86 bits per heavy atom. The number of amides is 1.